The molecule has 1 aromatic carbocycles. The number of aromatic nitrogens is 2. The molecule has 0 aliphatic heterocycles. The van der Waals surface area contributed by atoms with Crippen LogP contribution in [0.15, 0.2) is 36.7 Å². The maximum Gasteiger partial charge on any atom is 0.271 e. The summed E-state index contributed by atoms with van der Waals surface area (Å²) in [5, 5.41) is 2.84. The Morgan fingerprint density at radius 1 is 1.21 bits per heavy atom. The SMILES string of the molecule is CCCCN(C)c1cnc(C(=O)NCc2ccc(OC)cc2)cn1. The molecule has 0 bridgehead atoms. The van der Waals surface area contributed by atoms with Crippen LogP contribution < -0.4 is 15.0 Å². The Labute approximate surface area is 142 Å². The fourth-order valence-corrected chi connectivity index (χ4v) is 2.16. The molecule has 0 radical (unpaired) electrons. The summed E-state index contributed by atoms with van der Waals surface area (Å²) in [6, 6.07) is 7.55. The number of carbonyl (C=O) groups is 1. The molecule has 1 aromatic heterocycles. The average Bonchev–Trinajstić information content (AvgIpc) is 2.64. The third kappa shape index (κ3) is 4.94. The predicted octanol–water partition coefficient (Wildman–Crippen LogP) is 2.65. The molecule has 0 saturated heterocycles. The van der Waals surface area contributed by atoms with E-state index in [1.165, 1.54) is 6.20 Å². The van der Waals surface area contributed by atoms with E-state index in [1.807, 2.05) is 36.2 Å². The fourth-order valence-electron chi connectivity index (χ4n) is 2.16. The number of nitrogens with one attached hydrogen (secondary N) is 1. The van der Waals surface area contributed by atoms with Crippen LogP contribution in [-0.4, -0.2) is 36.6 Å². The highest BCUT2D eigenvalue weighted by Crippen LogP contribution is 2.11. The van der Waals surface area contributed by atoms with Gasteiger partial charge in [-0.05, 0) is 24.1 Å². The van der Waals surface area contributed by atoms with Gasteiger partial charge in [0.15, 0.2) is 0 Å². The largest absolute Gasteiger partial charge is 0.497 e. The lowest BCUT2D eigenvalue weighted by Crippen LogP contribution is -2.25. The van der Waals surface area contributed by atoms with Gasteiger partial charge in [-0.3, -0.25) is 4.79 Å². The van der Waals surface area contributed by atoms with Crippen molar-refractivity contribution in [2.45, 2.75) is 26.3 Å². The van der Waals surface area contributed by atoms with Crippen LogP contribution in [0.5, 0.6) is 5.75 Å². The highest BCUT2D eigenvalue weighted by Gasteiger charge is 2.09. The van der Waals surface area contributed by atoms with Crippen molar-refractivity contribution in [2.75, 3.05) is 25.6 Å². The number of carbonyl (C=O) groups excluding carboxylic acids is 1. The fraction of sp³-hybridized carbons (Fsp3) is 0.389. The van der Waals surface area contributed by atoms with Gasteiger partial charge in [0, 0.05) is 20.1 Å². The zero-order valence-corrected chi connectivity index (χ0v) is 14.5. The maximum absolute atomic E-state index is 12.1. The Morgan fingerprint density at radius 2 is 1.96 bits per heavy atom. The quantitative estimate of drug-likeness (QED) is 0.807. The third-order valence-electron chi connectivity index (χ3n) is 3.72. The van der Waals surface area contributed by atoms with Crippen LogP contribution in [0.1, 0.15) is 35.8 Å². The Hall–Kier alpha value is -2.63. The summed E-state index contributed by atoms with van der Waals surface area (Å²) in [6.45, 7) is 3.51. The van der Waals surface area contributed by atoms with Crippen molar-refractivity contribution in [3.8, 4) is 5.75 Å². The summed E-state index contributed by atoms with van der Waals surface area (Å²) in [5.74, 6) is 1.33. The first-order valence-corrected chi connectivity index (χ1v) is 8.08. The Bertz CT molecular complexity index is 641. The number of benzene rings is 1. The normalized spacial score (nSPS) is 10.3. The van der Waals surface area contributed by atoms with Gasteiger partial charge in [-0.2, -0.15) is 0 Å². The van der Waals surface area contributed by atoms with Crippen molar-refractivity contribution >= 4 is 11.7 Å². The molecule has 0 unspecified atom stereocenters. The van der Waals surface area contributed by atoms with Gasteiger partial charge in [0.25, 0.3) is 5.91 Å². The molecular formula is C18H24N4O2. The molecule has 2 rings (SSSR count). The van der Waals surface area contributed by atoms with Crippen LogP contribution in [0, 0.1) is 0 Å². The van der Waals surface area contributed by atoms with Gasteiger partial charge in [0.05, 0.1) is 19.5 Å². The minimum absolute atomic E-state index is 0.235. The van der Waals surface area contributed by atoms with E-state index in [0.29, 0.717) is 12.2 Å². The number of ether oxygens (including phenoxy) is 1. The lowest BCUT2D eigenvalue weighted by molar-refractivity contribution is 0.0945. The first kappa shape index (κ1) is 17.7. The van der Waals surface area contributed by atoms with Crippen LogP contribution in [0.2, 0.25) is 0 Å². The highest BCUT2D eigenvalue weighted by molar-refractivity contribution is 5.91. The second-order valence-corrected chi connectivity index (χ2v) is 5.57. The predicted molar refractivity (Wildman–Crippen MR) is 94.4 cm³/mol. The molecule has 6 heteroatoms. The number of rotatable bonds is 8. The Kier molecular flexibility index (Phi) is 6.54. The summed E-state index contributed by atoms with van der Waals surface area (Å²) in [7, 11) is 3.60. The number of nitrogens with zero attached hydrogens (tertiary/aromatic N) is 3. The van der Waals surface area contributed by atoms with Gasteiger partial charge in [0.2, 0.25) is 0 Å². The topological polar surface area (TPSA) is 67.4 Å². The van der Waals surface area contributed by atoms with Crippen LogP contribution in [0.3, 0.4) is 0 Å². The van der Waals surface area contributed by atoms with E-state index in [1.54, 1.807) is 13.3 Å². The minimum atomic E-state index is -0.235. The molecule has 1 amide bonds. The van der Waals surface area contributed by atoms with E-state index in [4.69, 9.17) is 4.74 Å². The molecule has 0 saturated carbocycles. The van der Waals surface area contributed by atoms with E-state index in [9.17, 15) is 4.79 Å². The maximum atomic E-state index is 12.1. The number of hydrogen-bond donors (Lipinski definition) is 1. The minimum Gasteiger partial charge on any atom is -0.497 e. The summed E-state index contributed by atoms with van der Waals surface area (Å²) in [6.07, 6.45) is 5.38. The molecule has 2 aromatic rings. The van der Waals surface area contributed by atoms with Gasteiger partial charge in [-0.25, -0.2) is 9.97 Å². The molecule has 1 heterocycles. The molecule has 128 valence electrons. The van der Waals surface area contributed by atoms with Gasteiger partial charge >= 0.3 is 0 Å². The van der Waals surface area contributed by atoms with Crippen molar-refractivity contribution in [1.82, 2.24) is 15.3 Å². The lowest BCUT2D eigenvalue weighted by Gasteiger charge is -2.17. The van der Waals surface area contributed by atoms with Gasteiger partial charge in [-0.1, -0.05) is 25.5 Å². The first-order chi connectivity index (χ1) is 11.6. The zero-order valence-electron chi connectivity index (χ0n) is 14.5. The highest BCUT2D eigenvalue weighted by atomic mass is 16.5. The van der Waals surface area contributed by atoms with Crippen LogP contribution in [0.4, 0.5) is 5.82 Å². The zero-order chi connectivity index (χ0) is 17.4. The number of hydrogen-bond acceptors (Lipinski definition) is 5. The van der Waals surface area contributed by atoms with Crippen molar-refractivity contribution < 1.29 is 9.53 Å². The summed E-state index contributed by atoms with van der Waals surface area (Å²) < 4.78 is 5.11. The summed E-state index contributed by atoms with van der Waals surface area (Å²) in [5.41, 5.74) is 1.31. The second kappa shape index (κ2) is 8.86. The Morgan fingerprint density at radius 3 is 2.54 bits per heavy atom. The van der Waals surface area contributed by atoms with Crippen LogP contribution in [0.25, 0.3) is 0 Å². The number of methoxy groups -OCH3 is 1. The monoisotopic (exact) mass is 328 g/mol. The van der Waals surface area contributed by atoms with E-state index >= 15 is 0 Å². The molecule has 0 spiro atoms. The van der Waals surface area contributed by atoms with E-state index in [-0.39, 0.29) is 5.91 Å². The van der Waals surface area contributed by atoms with Crippen molar-refractivity contribution in [3.05, 3.63) is 47.9 Å². The molecule has 0 atom stereocenters. The van der Waals surface area contributed by atoms with Crippen LogP contribution >= 0.6 is 0 Å². The number of amides is 1. The molecule has 0 fully saturated rings. The first-order valence-electron chi connectivity index (χ1n) is 8.08. The van der Waals surface area contributed by atoms with E-state index in [2.05, 4.69) is 22.2 Å². The molecule has 6 nitrogen and oxygen atoms in total. The summed E-state index contributed by atoms with van der Waals surface area (Å²) >= 11 is 0. The van der Waals surface area contributed by atoms with Gasteiger partial charge in [0.1, 0.15) is 17.3 Å². The van der Waals surface area contributed by atoms with Crippen molar-refractivity contribution in [3.63, 3.8) is 0 Å². The van der Waals surface area contributed by atoms with Gasteiger partial charge < -0.3 is 15.0 Å². The molecule has 24 heavy (non-hydrogen) atoms. The standard InChI is InChI=1S/C18H24N4O2/c1-4-5-10-22(2)17-13-19-16(12-20-17)18(23)21-11-14-6-8-15(24-3)9-7-14/h6-9,12-13H,4-5,10-11H2,1-3H3,(H,21,23). The third-order valence-corrected chi connectivity index (χ3v) is 3.72. The smallest absolute Gasteiger partial charge is 0.271 e. The molecule has 1 N–H and O–H groups in total. The molecule has 0 aliphatic carbocycles. The van der Waals surface area contributed by atoms with Crippen molar-refractivity contribution in [2.24, 2.45) is 0 Å². The van der Waals surface area contributed by atoms with Crippen LogP contribution in [-0.2, 0) is 6.54 Å². The average molecular weight is 328 g/mol. The lowest BCUT2D eigenvalue weighted by atomic mass is 10.2. The molecular weight excluding hydrogens is 304 g/mol. The van der Waals surface area contributed by atoms with Crippen molar-refractivity contribution in [1.29, 1.82) is 0 Å². The van der Waals surface area contributed by atoms with E-state index in [0.717, 1.165) is 36.5 Å². The summed E-state index contributed by atoms with van der Waals surface area (Å²) in [4.78, 5) is 22.7. The number of unbranched alkanes of at least 4 members (excludes halogenated alkanes) is 1. The molecule has 0 aliphatic rings. The van der Waals surface area contributed by atoms with Gasteiger partial charge in [-0.15, -0.1) is 0 Å². The number of anilines is 1. The van der Waals surface area contributed by atoms with E-state index < -0.39 is 0 Å². The second-order valence-electron chi connectivity index (χ2n) is 5.57. The Balaban J connectivity index is 1.89.